The number of allylic oxidation sites excluding steroid dienone is 12. The molecule has 6 heteroatoms. The molecule has 0 bridgehead atoms. The van der Waals surface area contributed by atoms with Gasteiger partial charge in [0.1, 0.15) is 13.2 Å². The lowest BCUT2D eigenvalue weighted by molar-refractivity contribution is -0.167. The normalized spacial score (nSPS) is 12.5. The number of hydrogen-bond donors (Lipinski definition) is 0. The third kappa shape index (κ3) is 65.7. The molecular formula is C74H132O6. The Morgan fingerprint density at radius 1 is 0.263 bits per heavy atom. The van der Waals surface area contributed by atoms with E-state index in [-0.39, 0.29) is 31.1 Å². The predicted octanol–water partition coefficient (Wildman–Crippen LogP) is 24.1. The molecule has 0 saturated heterocycles. The average molecular weight is 1120 g/mol. The van der Waals surface area contributed by atoms with Crippen LogP contribution in [0.25, 0.3) is 0 Å². The topological polar surface area (TPSA) is 78.9 Å². The van der Waals surface area contributed by atoms with Crippen LogP contribution in [-0.2, 0) is 28.6 Å². The molecule has 1 atom stereocenters. The van der Waals surface area contributed by atoms with E-state index < -0.39 is 6.10 Å². The Labute approximate surface area is 497 Å². The van der Waals surface area contributed by atoms with E-state index in [0.29, 0.717) is 19.3 Å². The molecule has 0 aromatic rings. The summed E-state index contributed by atoms with van der Waals surface area (Å²) in [6.45, 7) is 6.57. The largest absolute Gasteiger partial charge is 0.462 e. The molecule has 0 N–H and O–H groups in total. The molecule has 1 unspecified atom stereocenters. The lowest BCUT2D eigenvalue weighted by Gasteiger charge is -2.18. The number of hydrogen-bond acceptors (Lipinski definition) is 6. The Hall–Kier alpha value is -3.15. The van der Waals surface area contributed by atoms with Gasteiger partial charge in [-0.05, 0) is 109 Å². The van der Waals surface area contributed by atoms with Gasteiger partial charge in [0.25, 0.3) is 0 Å². The molecule has 464 valence electrons. The first-order valence-electron chi connectivity index (χ1n) is 34.9. The van der Waals surface area contributed by atoms with E-state index in [9.17, 15) is 14.4 Å². The minimum Gasteiger partial charge on any atom is -0.462 e. The molecule has 0 fully saturated rings. The summed E-state index contributed by atoms with van der Waals surface area (Å²) in [6, 6.07) is 0. The molecule has 6 nitrogen and oxygen atoms in total. The van der Waals surface area contributed by atoms with Crippen LogP contribution >= 0.6 is 0 Å². The van der Waals surface area contributed by atoms with Gasteiger partial charge in [-0.15, -0.1) is 0 Å². The molecule has 0 heterocycles. The molecule has 0 aromatic carbocycles. The lowest BCUT2D eigenvalue weighted by atomic mass is 10.0. The van der Waals surface area contributed by atoms with Crippen LogP contribution in [0.5, 0.6) is 0 Å². The molecule has 0 radical (unpaired) electrons. The van der Waals surface area contributed by atoms with Crippen molar-refractivity contribution in [2.75, 3.05) is 13.2 Å². The fourth-order valence-electron chi connectivity index (χ4n) is 10.2. The zero-order valence-electron chi connectivity index (χ0n) is 53.3. The smallest absolute Gasteiger partial charge is 0.306 e. The van der Waals surface area contributed by atoms with Crippen LogP contribution in [0.4, 0.5) is 0 Å². The maximum atomic E-state index is 13.0. The first kappa shape index (κ1) is 76.9. The minimum absolute atomic E-state index is 0.0758. The summed E-state index contributed by atoms with van der Waals surface area (Å²) in [5.41, 5.74) is 0. The second kappa shape index (κ2) is 68.3. The summed E-state index contributed by atoms with van der Waals surface area (Å²) in [6.07, 6.45) is 89.2. The highest BCUT2D eigenvalue weighted by molar-refractivity contribution is 5.71. The van der Waals surface area contributed by atoms with Crippen molar-refractivity contribution in [3.63, 3.8) is 0 Å². The average Bonchev–Trinajstić information content (AvgIpc) is 3.46. The van der Waals surface area contributed by atoms with E-state index in [2.05, 4.69) is 93.7 Å². The Bertz CT molecular complexity index is 1470. The lowest BCUT2D eigenvalue weighted by Crippen LogP contribution is -2.30. The first-order chi connectivity index (χ1) is 39.5. The molecule has 0 saturated carbocycles. The van der Waals surface area contributed by atoms with E-state index in [1.165, 1.54) is 238 Å². The number of unbranched alkanes of at least 4 members (excludes halogenated alkanes) is 41. The second-order valence-corrected chi connectivity index (χ2v) is 23.4. The maximum Gasteiger partial charge on any atom is 0.306 e. The van der Waals surface area contributed by atoms with Gasteiger partial charge in [0.05, 0.1) is 0 Å². The van der Waals surface area contributed by atoms with Crippen LogP contribution < -0.4 is 0 Å². The molecule has 0 spiro atoms. The molecule has 0 aliphatic heterocycles. The van der Waals surface area contributed by atoms with Crippen LogP contribution in [0, 0.1) is 0 Å². The van der Waals surface area contributed by atoms with E-state index in [0.717, 1.165) is 83.5 Å². The predicted molar refractivity (Wildman–Crippen MR) is 348 cm³/mol. The Morgan fingerprint density at radius 3 is 0.775 bits per heavy atom. The molecule has 0 aliphatic rings. The molecule has 80 heavy (non-hydrogen) atoms. The standard InChI is InChI=1S/C74H132O6/c1-4-7-10-13-16-19-22-25-28-31-34-35-36-37-38-39-41-43-46-49-52-55-58-61-64-67-73(76)79-70-71(69-78-72(75)66-63-60-57-54-51-48-45-42-33-30-27-24-21-18-15-12-9-6-3)80-74(77)68-65-62-59-56-53-50-47-44-40-32-29-26-23-20-17-14-11-8-5-2/h7,10,16,19,25-26,28-30,33-35,71H,4-6,8-9,11-15,17-18,20-24,27,31-32,36-70H2,1-3H3/b10-7-,19-16-,28-25-,29-26-,33-30-,35-34-. The SMILES string of the molecule is CC/C=C\C/C=C\C/C=C\C/C=C\CCCCCCCCCCCCCCC(=O)OCC(COC(=O)CCCCCCCCC/C=C\CCCCCCCCC)OC(=O)CCCCCCCCCCC/C=C\CCCCCCCC. The van der Waals surface area contributed by atoms with Gasteiger partial charge >= 0.3 is 17.9 Å². The van der Waals surface area contributed by atoms with E-state index >= 15 is 0 Å². The molecule has 0 aliphatic carbocycles. The summed E-state index contributed by atoms with van der Waals surface area (Å²) in [4.78, 5) is 38.5. The second-order valence-electron chi connectivity index (χ2n) is 23.4. The van der Waals surface area contributed by atoms with E-state index in [1.54, 1.807) is 0 Å². The van der Waals surface area contributed by atoms with Gasteiger partial charge in [-0.25, -0.2) is 0 Å². The number of esters is 3. The van der Waals surface area contributed by atoms with Crippen LogP contribution in [0.1, 0.15) is 361 Å². The minimum atomic E-state index is -0.780. The highest BCUT2D eigenvalue weighted by Crippen LogP contribution is 2.17. The van der Waals surface area contributed by atoms with E-state index in [4.69, 9.17) is 14.2 Å². The first-order valence-corrected chi connectivity index (χ1v) is 34.9. The van der Waals surface area contributed by atoms with Crippen molar-refractivity contribution >= 4 is 17.9 Å². The van der Waals surface area contributed by atoms with Gasteiger partial charge in [0.15, 0.2) is 6.10 Å². The summed E-state index contributed by atoms with van der Waals surface area (Å²) < 4.78 is 17.0. The zero-order valence-corrected chi connectivity index (χ0v) is 53.3. The molecule has 0 amide bonds. The Morgan fingerprint density at radius 2 is 0.487 bits per heavy atom. The van der Waals surface area contributed by atoms with Crippen LogP contribution in [0.2, 0.25) is 0 Å². The summed E-state index contributed by atoms with van der Waals surface area (Å²) in [5, 5.41) is 0. The van der Waals surface area contributed by atoms with Crippen LogP contribution in [0.15, 0.2) is 72.9 Å². The molecule has 0 aromatic heterocycles. The van der Waals surface area contributed by atoms with Crippen LogP contribution in [-0.4, -0.2) is 37.2 Å². The van der Waals surface area contributed by atoms with Gasteiger partial charge in [0, 0.05) is 19.3 Å². The fourth-order valence-corrected chi connectivity index (χ4v) is 10.2. The van der Waals surface area contributed by atoms with Gasteiger partial charge in [0.2, 0.25) is 0 Å². The molecule has 0 rings (SSSR count). The maximum absolute atomic E-state index is 13.0. The van der Waals surface area contributed by atoms with Crippen molar-refractivity contribution in [1.82, 2.24) is 0 Å². The quantitative estimate of drug-likeness (QED) is 0.0261. The van der Waals surface area contributed by atoms with Gasteiger partial charge in [-0.2, -0.15) is 0 Å². The third-order valence-corrected chi connectivity index (χ3v) is 15.4. The monoisotopic (exact) mass is 1120 g/mol. The Balaban J connectivity index is 4.33. The van der Waals surface area contributed by atoms with E-state index in [1.807, 2.05) is 0 Å². The van der Waals surface area contributed by atoms with Gasteiger partial charge < -0.3 is 14.2 Å². The van der Waals surface area contributed by atoms with Crippen molar-refractivity contribution in [2.24, 2.45) is 0 Å². The number of carbonyl (C=O) groups excluding carboxylic acids is 3. The number of rotatable bonds is 64. The van der Waals surface area contributed by atoms with Crippen molar-refractivity contribution in [3.8, 4) is 0 Å². The summed E-state index contributed by atoms with van der Waals surface area (Å²) >= 11 is 0. The number of ether oxygens (including phenoxy) is 3. The zero-order chi connectivity index (χ0) is 57.8. The van der Waals surface area contributed by atoms with Crippen molar-refractivity contribution < 1.29 is 28.6 Å². The highest BCUT2D eigenvalue weighted by Gasteiger charge is 2.19. The molecular weight excluding hydrogens is 985 g/mol. The van der Waals surface area contributed by atoms with Crippen molar-refractivity contribution in [3.05, 3.63) is 72.9 Å². The van der Waals surface area contributed by atoms with Gasteiger partial charge in [-0.1, -0.05) is 306 Å². The summed E-state index contributed by atoms with van der Waals surface area (Å²) in [7, 11) is 0. The third-order valence-electron chi connectivity index (χ3n) is 15.4. The highest BCUT2D eigenvalue weighted by atomic mass is 16.6. The number of carbonyl (C=O) groups is 3. The van der Waals surface area contributed by atoms with Gasteiger partial charge in [-0.3, -0.25) is 14.4 Å². The Kier molecular flexibility index (Phi) is 65.7. The fraction of sp³-hybridized carbons (Fsp3) is 0.797. The van der Waals surface area contributed by atoms with Crippen molar-refractivity contribution in [1.29, 1.82) is 0 Å². The van der Waals surface area contributed by atoms with Crippen molar-refractivity contribution in [2.45, 2.75) is 367 Å². The van der Waals surface area contributed by atoms with Crippen LogP contribution in [0.3, 0.4) is 0 Å². The summed E-state index contributed by atoms with van der Waals surface area (Å²) in [5.74, 6) is -0.863.